The van der Waals surface area contributed by atoms with Crippen LogP contribution in [-0.2, 0) is 37.4 Å². The summed E-state index contributed by atoms with van der Waals surface area (Å²) in [4.78, 5) is 34.9. The number of phosphoric ester groups is 1. The van der Waals surface area contributed by atoms with E-state index in [0.29, 0.717) is 12.8 Å². The summed E-state index contributed by atoms with van der Waals surface area (Å²) < 4.78 is 38.5. The molecule has 0 spiro atoms. The van der Waals surface area contributed by atoms with E-state index in [9.17, 15) is 19.0 Å². The summed E-state index contributed by atoms with van der Waals surface area (Å²) in [7, 11) is -4.40. The summed E-state index contributed by atoms with van der Waals surface area (Å²) in [6, 6.07) is 0. The second kappa shape index (κ2) is 35.4. The minimum absolute atomic E-state index is 0.0385. The van der Waals surface area contributed by atoms with Crippen LogP contribution in [0.1, 0.15) is 168 Å². The molecule has 0 amide bonds. The van der Waals surface area contributed by atoms with Gasteiger partial charge in [-0.2, -0.15) is 0 Å². The lowest BCUT2D eigenvalue weighted by molar-refractivity contribution is -0.161. The average Bonchev–Trinajstić information content (AvgIpc) is 3.91. The van der Waals surface area contributed by atoms with Crippen molar-refractivity contribution in [3.8, 4) is 0 Å². The fourth-order valence-corrected chi connectivity index (χ4v) is 6.60. The highest BCUT2D eigenvalue weighted by Gasteiger charge is 2.36. The van der Waals surface area contributed by atoms with Crippen LogP contribution in [0.2, 0.25) is 0 Å². The van der Waals surface area contributed by atoms with Gasteiger partial charge in [-0.15, -0.1) is 0 Å². The number of carbonyl (C=O) groups excluding carboxylic acids is 2. The summed E-state index contributed by atoms with van der Waals surface area (Å²) in [5.41, 5.74) is 5.34. The average molecular weight is 782 g/mol. The molecule has 0 aromatic rings. The van der Waals surface area contributed by atoms with Gasteiger partial charge in [0.2, 0.25) is 0 Å². The van der Waals surface area contributed by atoms with E-state index in [1.54, 1.807) is 0 Å². The molecule has 0 bridgehead atoms. The number of rotatable bonds is 38. The highest BCUT2D eigenvalue weighted by atomic mass is 31.2. The Morgan fingerprint density at radius 1 is 0.667 bits per heavy atom. The SMILES string of the molecule is CCCCC/C=C\C/C=C\C/C=C\CC1OC1CCCC(=O)OC(COC(=O)CCCCCCC/C=C\CCCCCCCC)COP(=O)(O)OCCN. The quantitative estimate of drug-likeness (QED) is 0.0204. The zero-order valence-electron chi connectivity index (χ0n) is 33.9. The molecule has 11 heteroatoms. The van der Waals surface area contributed by atoms with Gasteiger partial charge in [-0.3, -0.25) is 18.6 Å². The number of allylic oxidation sites excluding steroid dienone is 7. The van der Waals surface area contributed by atoms with E-state index in [4.69, 9.17) is 29.0 Å². The number of hydrogen-bond acceptors (Lipinski definition) is 9. The Balaban J connectivity index is 2.26. The fraction of sp³-hybridized carbons (Fsp3) is 0.767. The molecule has 0 aromatic carbocycles. The molecule has 0 saturated carbocycles. The largest absolute Gasteiger partial charge is 0.472 e. The van der Waals surface area contributed by atoms with Gasteiger partial charge < -0.3 is 24.8 Å². The molecular weight excluding hydrogens is 705 g/mol. The normalized spacial score (nSPS) is 17.6. The molecule has 1 fully saturated rings. The summed E-state index contributed by atoms with van der Waals surface area (Å²) >= 11 is 0. The van der Waals surface area contributed by atoms with Gasteiger partial charge in [0.1, 0.15) is 6.61 Å². The first-order valence-corrected chi connectivity index (χ1v) is 22.7. The van der Waals surface area contributed by atoms with E-state index in [1.807, 2.05) is 0 Å². The monoisotopic (exact) mass is 782 g/mol. The van der Waals surface area contributed by atoms with Crippen LogP contribution >= 0.6 is 7.82 Å². The van der Waals surface area contributed by atoms with E-state index in [2.05, 4.69) is 62.5 Å². The Hall–Kier alpha value is -2.07. The number of carbonyl (C=O) groups is 2. The van der Waals surface area contributed by atoms with Gasteiger partial charge in [0.25, 0.3) is 0 Å². The first-order chi connectivity index (χ1) is 26.3. The lowest BCUT2D eigenvalue weighted by Gasteiger charge is -2.19. The molecule has 1 saturated heterocycles. The van der Waals surface area contributed by atoms with Crippen LogP contribution in [0.15, 0.2) is 48.6 Å². The zero-order valence-corrected chi connectivity index (χ0v) is 34.8. The van der Waals surface area contributed by atoms with Gasteiger partial charge in [-0.1, -0.05) is 127 Å². The van der Waals surface area contributed by atoms with Gasteiger partial charge in [0.15, 0.2) is 6.10 Å². The lowest BCUT2D eigenvalue weighted by atomic mass is 10.1. The van der Waals surface area contributed by atoms with E-state index in [0.717, 1.165) is 64.2 Å². The molecule has 54 heavy (non-hydrogen) atoms. The lowest BCUT2D eigenvalue weighted by Crippen LogP contribution is -2.29. The summed E-state index contributed by atoms with van der Waals surface area (Å²) in [6.07, 6.45) is 41.6. The van der Waals surface area contributed by atoms with Crippen LogP contribution in [0.4, 0.5) is 0 Å². The first kappa shape index (κ1) is 49.9. The maximum Gasteiger partial charge on any atom is 0.472 e. The maximum absolute atomic E-state index is 12.6. The molecule has 10 nitrogen and oxygen atoms in total. The predicted octanol–water partition coefficient (Wildman–Crippen LogP) is 10.9. The van der Waals surface area contributed by atoms with E-state index in [-0.39, 0.29) is 44.8 Å². The second-order valence-electron chi connectivity index (χ2n) is 14.2. The first-order valence-electron chi connectivity index (χ1n) is 21.2. The third-order valence-electron chi connectivity index (χ3n) is 9.11. The van der Waals surface area contributed by atoms with Crippen LogP contribution in [-0.4, -0.2) is 61.5 Å². The van der Waals surface area contributed by atoms with Gasteiger partial charge >= 0.3 is 19.8 Å². The van der Waals surface area contributed by atoms with Gasteiger partial charge in [-0.05, 0) is 77.0 Å². The molecular formula is C43H76NO9P. The number of esters is 2. The smallest absolute Gasteiger partial charge is 0.462 e. The van der Waals surface area contributed by atoms with Gasteiger partial charge in [-0.25, -0.2) is 4.57 Å². The zero-order chi connectivity index (χ0) is 39.4. The van der Waals surface area contributed by atoms with Crippen molar-refractivity contribution >= 4 is 19.8 Å². The van der Waals surface area contributed by atoms with Crippen molar-refractivity contribution in [2.24, 2.45) is 5.73 Å². The van der Waals surface area contributed by atoms with Gasteiger partial charge in [0, 0.05) is 19.4 Å². The second-order valence-corrected chi connectivity index (χ2v) is 15.7. The molecule has 1 rings (SSSR count). The standard InChI is InChI=1S/C43H76NO9P/c1-3-5-7-9-11-13-15-17-18-19-21-23-25-27-29-33-42(45)49-37-39(38-51-54(47,48)50-36-35-44)52-43(46)34-30-32-41-40(53-41)31-28-26-24-22-20-16-14-12-10-8-6-4-2/h12,14,17-18,20,22,26,28,39-41H,3-11,13,15-16,19,21,23-25,27,29-38,44H2,1-2H3,(H,47,48)/b14-12-,18-17-,22-20-,28-26-. The number of nitrogens with two attached hydrogens (primary N) is 1. The molecule has 0 aliphatic carbocycles. The van der Waals surface area contributed by atoms with Crippen molar-refractivity contribution < 1.29 is 42.3 Å². The fourth-order valence-electron chi connectivity index (χ4n) is 5.83. The van der Waals surface area contributed by atoms with Gasteiger partial charge in [0.05, 0.1) is 25.4 Å². The Bertz CT molecular complexity index is 1090. The molecule has 3 N–H and O–H groups in total. The summed E-state index contributed by atoms with van der Waals surface area (Å²) in [5, 5.41) is 0. The van der Waals surface area contributed by atoms with Crippen LogP contribution in [0.25, 0.3) is 0 Å². The molecule has 0 radical (unpaired) electrons. The van der Waals surface area contributed by atoms with Crippen molar-refractivity contribution in [3.05, 3.63) is 48.6 Å². The topological polar surface area (TPSA) is 147 Å². The Morgan fingerprint density at radius 3 is 1.87 bits per heavy atom. The van der Waals surface area contributed by atoms with Crippen LogP contribution in [0.3, 0.4) is 0 Å². The van der Waals surface area contributed by atoms with E-state index < -0.39 is 32.5 Å². The minimum Gasteiger partial charge on any atom is -0.462 e. The molecule has 1 aliphatic heterocycles. The van der Waals surface area contributed by atoms with Crippen LogP contribution in [0, 0.1) is 0 Å². The van der Waals surface area contributed by atoms with Crippen molar-refractivity contribution in [2.75, 3.05) is 26.4 Å². The molecule has 0 aromatic heterocycles. The van der Waals surface area contributed by atoms with Crippen LogP contribution in [0.5, 0.6) is 0 Å². The van der Waals surface area contributed by atoms with Crippen molar-refractivity contribution in [2.45, 2.75) is 186 Å². The highest BCUT2D eigenvalue weighted by Crippen LogP contribution is 2.43. The number of phosphoric acid groups is 1. The molecule has 1 heterocycles. The third kappa shape index (κ3) is 32.2. The number of ether oxygens (including phenoxy) is 3. The highest BCUT2D eigenvalue weighted by molar-refractivity contribution is 7.47. The number of unbranched alkanes of at least 4 members (excludes halogenated alkanes) is 14. The Morgan fingerprint density at radius 2 is 1.20 bits per heavy atom. The van der Waals surface area contributed by atoms with Crippen molar-refractivity contribution in [1.82, 2.24) is 0 Å². The molecule has 4 atom stereocenters. The number of hydrogen-bond donors (Lipinski definition) is 2. The van der Waals surface area contributed by atoms with Crippen molar-refractivity contribution in [3.63, 3.8) is 0 Å². The maximum atomic E-state index is 12.6. The minimum atomic E-state index is -4.40. The summed E-state index contributed by atoms with van der Waals surface area (Å²) in [5.74, 6) is -0.917. The van der Waals surface area contributed by atoms with E-state index in [1.165, 1.54) is 64.2 Å². The molecule has 4 unspecified atom stereocenters. The van der Waals surface area contributed by atoms with Crippen LogP contribution < -0.4 is 5.73 Å². The predicted molar refractivity (Wildman–Crippen MR) is 219 cm³/mol. The molecule has 1 aliphatic rings. The van der Waals surface area contributed by atoms with Crippen molar-refractivity contribution in [1.29, 1.82) is 0 Å². The van der Waals surface area contributed by atoms with E-state index >= 15 is 0 Å². The third-order valence-corrected chi connectivity index (χ3v) is 10.1. The number of epoxide rings is 1. The Kier molecular flexibility index (Phi) is 32.7. The summed E-state index contributed by atoms with van der Waals surface area (Å²) in [6.45, 7) is 3.59. The molecule has 312 valence electrons. The Labute approximate surface area is 328 Å².